The van der Waals surface area contributed by atoms with Crippen LogP contribution in [0.5, 0.6) is 0 Å². The smallest absolute Gasteiger partial charge is 0.147 e. The molecule has 0 aliphatic carbocycles. The second kappa shape index (κ2) is 5.32. The van der Waals surface area contributed by atoms with E-state index in [2.05, 4.69) is 9.36 Å². The van der Waals surface area contributed by atoms with Gasteiger partial charge in [0.2, 0.25) is 0 Å². The minimum Gasteiger partial charge on any atom is -0.326 e. The van der Waals surface area contributed by atoms with Gasteiger partial charge < -0.3 is 11.5 Å². The highest BCUT2D eigenvalue weighted by Gasteiger charge is 2.30. The lowest BCUT2D eigenvalue weighted by Gasteiger charge is -2.25. The van der Waals surface area contributed by atoms with Crippen molar-refractivity contribution in [3.8, 4) is 0 Å². The molecule has 0 saturated carbocycles. The van der Waals surface area contributed by atoms with Gasteiger partial charge in [0.05, 0.1) is 5.54 Å². The van der Waals surface area contributed by atoms with Crippen molar-refractivity contribution in [3.05, 3.63) is 46.5 Å². The van der Waals surface area contributed by atoms with Crippen LogP contribution in [0.2, 0.25) is 0 Å². The first-order valence-electron chi connectivity index (χ1n) is 6.01. The van der Waals surface area contributed by atoms with Crippen LogP contribution in [0, 0.1) is 5.82 Å². The molecule has 4 nitrogen and oxygen atoms in total. The molecule has 0 fully saturated rings. The standard InChI is InChI=1S/C13H17FN4S/c1-8(15)13(2,16)12-17-11(18-19-12)7-9-3-5-10(14)6-4-9/h3-6,8H,7,15-16H2,1-2H3. The maximum absolute atomic E-state index is 12.8. The molecule has 0 amide bonds. The fraction of sp³-hybridized carbons (Fsp3) is 0.385. The third-order valence-corrected chi connectivity index (χ3v) is 4.16. The zero-order valence-corrected chi connectivity index (χ0v) is 11.7. The predicted molar refractivity (Wildman–Crippen MR) is 74.3 cm³/mol. The van der Waals surface area contributed by atoms with Gasteiger partial charge in [-0.05, 0) is 43.1 Å². The lowest BCUT2D eigenvalue weighted by molar-refractivity contribution is 0.407. The van der Waals surface area contributed by atoms with Crippen LogP contribution in [0.3, 0.4) is 0 Å². The van der Waals surface area contributed by atoms with Crippen molar-refractivity contribution in [2.45, 2.75) is 31.8 Å². The van der Waals surface area contributed by atoms with Gasteiger partial charge in [-0.2, -0.15) is 4.37 Å². The fourth-order valence-corrected chi connectivity index (χ4v) is 2.35. The molecule has 1 aromatic heterocycles. The first-order valence-corrected chi connectivity index (χ1v) is 6.79. The number of hydrogen-bond donors (Lipinski definition) is 2. The zero-order chi connectivity index (χ0) is 14.0. The van der Waals surface area contributed by atoms with E-state index < -0.39 is 5.54 Å². The summed E-state index contributed by atoms with van der Waals surface area (Å²) in [6.45, 7) is 3.70. The number of hydrogen-bond acceptors (Lipinski definition) is 5. The molecule has 1 heterocycles. The molecule has 2 rings (SSSR count). The Hall–Kier alpha value is -1.37. The summed E-state index contributed by atoms with van der Waals surface area (Å²) < 4.78 is 17.1. The van der Waals surface area contributed by atoms with E-state index in [1.54, 1.807) is 12.1 Å². The van der Waals surface area contributed by atoms with E-state index in [4.69, 9.17) is 11.5 Å². The van der Waals surface area contributed by atoms with Gasteiger partial charge in [-0.25, -0.2) is 9.37 Å². The summed E-state index contributed by atoms with van der Waals surface area (Å²) in [7, 11) is 0. The van der Waals surface area contributed by atoms with Gasteiger partial charge in [0.25, 0.3) is 0 Å². The molecule has 4 N–H and O–H groups in total. The lowest BCUT2D eigenvalue weighted by Crippen LogP contribution is -2.48. The van der Waals surface area contributed by atoms with E-state index in [0.29, 0.717) is 12.2 Å². The monoisotopic (exact) mass is 280 g/mol. The van der Waals surface area contributed by atoms with Crippen LogP contribution in [0.15, 0.2) is 24.3 Å². The van der Waals surface area contributed by atoms with Crippen LogP contribution in [-0.4, -0.2) is 15.4 Å². The van der Waals surface area contributed by atoms with E-state index in [1.807, 2.05) is 13.8 Å². The molecule has 0 radical (unpaired) electrons. The van der Waals surface area contributed by atoms with Crippen LogP contribution >= 0.6 is 11.5 Å². The Kier molecular flexibility index (Phi) is 3.93. The van der Waals surface area contributed by atoms with Crippen molar-refractivity contribution in [2.75, 3.05) is 0 Å². The second-order valence-corrected chi connectivity index (χ2v) is 5.64. The van der Waals surface area contributed by atoms with Crippen molar-refractivity contribution in [3.63, 3.8) is 0 Å². The van der Waals surface area contributed by atoms with Gasteiger partial charge in [-0.3, -0.25) is 0 Å². The molecule has 2 aromatic rings. The van der Waals surface area contributed by atoms with Crippen molar-refractivity contribution < 1.29 is 4.39 Å². The first-order chi connectivity index (χ1) is 8.89. The Morgan fingerprint density at radius 1 is 1.37 bits per heavy atom. The SMILES string of the molecule is CC(N)C(C)(N)c1nc(Cc2ccc(F)cc2)ns1. The number of benzene rings is 1. The summed E-state index contributed by atoms with van der Waals surface area (Å²) in [4.78, 5) is 4.43. The molecule has 0 spiro atoms. The molecule has 102 valence electrons. The van der Waals surface area contributed by atoms with Crippen LogP contribution in [0.25, 0.3) is 0 Å². The fourth-order valence-electron chi connectivity index (χ4n) is 1.52. The normalized spacial score (nSPS) is 16.1. The molecule has 0 bridgehead atoms. The van der Waals surface area contributed by atoms with Crippen LogP contribution in [-0.2, 0) is 12.0 Å². The second-order valence-electron chi connectivity index (χ2n) is 4.89. The van der Waals surface area contributed by atoms with Gasteiger partial charge >= 0.3 is 0 Å². The molecule has 2 atom stereocenters. The Morgan fingerprint density at radius 3 is 2.58 bits per heavy atom. The third-order valence-electron chi connectivity index (χ3n) is 3.15. The Balaban J connectivity index is 2.16. The van der Waals surface area contributed by atoms with Crippen molar-refractivity contribution in [1.29, 1.82) is 0 Å². The summed E-state index contributed by atoms with van der Waals surface area (Å²) in [5, 5.41) is 0.722. The third kappa shape index (κ3) is 3.15. The maximum atomic E-state index is 12.8. The number of nitrogens with zero attached hydrogens (tertiary/aromatic N) is 2. The lowest BCUT2D eigenvalue weighted by atomic mass is 9.97. The average Bonchev–Trinajstić information content (AvgIpc) is 2.81. The molecular weight excluding hydrogens is 263 g/mol. The maximum Gasteiger partial charge on any atom is 0.147 e. The Bertz CT molecular complexity index is 548. The largest absolute Gasteiger partial charge is 0.326 e. The van der Waals surface area contributed by atoms with Gasteiger partial charge in [0.1, 0.15) is 16.6 Å². The highest BCUT2D eigenvalue weighted by molar-refractivity contribution is 7.05. The van der Waals surface area contributed by atoms with Crippen LogP contribution in [0.4, 0.5) is 4.39 Å². The molecule has 1 aromatic carbocycles. The van der Waals surface area contributed by atoms with Crippen LogP contribution in [0.1, 0.15) is 30.2 Å². The minimum absolute atomic E-state index is 0.209. The van der Waals surface area contributed by atoms with E-state index >= 15 is 0 Å². The predicted octanol–water partition coefficient (Wildman–Crippen LogP) is 1.79. The summed E-state index contributed by atoms with van der Waals surface area (Å²) in [5.41, 5.74) is 12.3. The van der Waals surface area contributed by atoms with Crippen LogP contribution < -0.4 is 11.5 Å². The summed E-state index contributed by atoms with van der Waals surface area (Å²) in [5.74, 6) is 0.436. The summed E-state index contributed by atoms with van der Waals surface area (Å²) in [6, 6.07) is 6.10. The number of aromatic nitrogens is 2. The number of nitrogens with two attached hydrogens (primary N) is 2. The highest BCUT2D eigenvalue weighted by Crippen LogP contribution is 2.23. The molecule has 0 aliphatic heterocycles. The molecule has 6 heteroatoms. The summed E-state index contributed by atoms with van der Waals surface area (Å²) in [6.07, 6.45) is 0.561. The van der Waals surface area contributed by atoms with Crippen molar-refractivity contribution in [1.82, 2.24) is 9.36 Å². The first kappa shape index (κ1) is 14.0. The van der Waals surface area contributed by atoms with Gasteiger partial charge in [-0.1, -0.05) is 12.1 Å². The van der Waals surface area contributed by atoms with Gasteiger partial charge in [0.15, 0.2) is 0 Å². The van der Waals surface area contributed by atoms with E-state index in [-0.39, 0.29) is 11.9 Å². The highest BCUT2D eigenvalue weighted by atomic mass is 32.1. The average molecular weight is 280 g/mol. The quantitative estimate of drug-likeness (QED) is 0.895. The Morgan fingerprint density at radius 2 is 2.00 bits per heavy atom. The van der Waals surface area contributed by atoms with E-state index in [1.165, 1.54) is 23.7 Å². The molecular formula is C13H17FN4S. The Labute approximate surface area is 115 Å². The van der Waals surface area contributed by atoms with Crippen molar-refractivity contribution >= 4 is 11.5 Å². The van der Waals surface area contributed by atoms with E-state index in [9.17, 15) is 4.39 Å². The topological polar surface area (TPSA) is 77.8 Å². The van der Waals surface area contributed by atoms with Crippen molar-refractivity contribution in [2.24, 2.45) is 11.5 Å². The summed E-state index contributed by atoms with van der Waals surface area (Å²) >= 11 is 1.27. The zero-order valence-electron chi connectivity index (χ0n) is 10.9. The molecule has 19 heavy (non-hydrogen) atoms. The van der Waals surface area contributed by atoms with Gasteiger partial charge in [0, 0.05) is 12.5 Å². The van der Waals surface area contributed by atoms with E-state index in [0.717, 1.165) is 10.6 Å². The number of rotatable bonds is 4. The molecule has 0 aliphatic rings. The minimum atomic E-state index is -0.682. The van der Waals surface area contributed by atoms with Gasteiger partial charge in [-0.15, -0.1) is 0 Å². The molecule has 0 saturated heterocycles. The number of halogens is 1. The molecule has 2 unspecified atom stereocenters.